The van der Waals surface area contributed by atoms with E-state index in [9.17, 15) is 9.90 Å². The first-order valence-corrected chi connectivity index (χ1v) is 8.02. The van der Waals surface area contributed by atoms with Crippen LogP contribution in [0.4, 0.5) is 0 Å². The molecule has 1 aromatic carbocycles. The fourth-order valence-electron chi connectivity index (χ4n) is 2.53. The molecule has 2 aromatic heterocycles. The zero-order chi connectivity index (χ0) is 17.8. The van der Waals surface area contributed by atoms with Crippen LogP contribution in [0.15, 0.2) is 41.5 Å². The van der Waals surface area contributed by atoms with Crippen molar-refractivity contribution in [3.05, 3.63) is 52.7 Å². The first kappa shape index (κ1) is 17.0. The minimum Gasteiger partial charge on any atom is -0.494 e. The molecule has 1 atom stereocenters. The number of nitrogens with zero attached hydrogens (tertiary/aromatic N) is 4. The summed E-state index contributed by atoms with van der Waals surface area (Å²) in [5.41, 5.74) is 0.451. The van der Waals surface area contributed by atoms with Crippen LogP contribution in [0, 0.1) is 6.92 Å². The van der Waals surface area contributed by atoms with Gasteiger partial charge in [-0.15, -0.1) is 0 Å². The standard InChI is InChI=1S/C17H20N4O4/c1-3-24-14-4-6-15(7-5-14)25-10-13(22)9-20-12(2)8-16(23)21-17(20)18-11-19-21/h4-8,11,13,22H,3,9-10H2,1-2H3/t13-/m0/s1. The largest absolute Gasteiger partial charge is 0.494 e. The van der Waals surface area contributed by atoms with Gasteiger partial charge in [-0.3, -0.25) is 4.79 Å². The summed E-state index contributed by atoms with van der Waals surface area (Å²) in [5, 5.41) is 14.2. The van der Waals surface area contributed by atoms with E-state index in [1.807, 2.05) is 19.1 Å². The molecule has 0 aliphatic heterocycles. The summed E-state index contributed by atoms with van der Waals surface area (Å²) >= 11 is 0. The van der Waals surface area contributed by atoms with Gasteiger partial charge in [0.2, 0.25) is 5.78 Å². The Kier molecular flexibility index (Phi) is 4.99. The summed E-state index contributed by atoms with van der Waals surface area (Å²) in [7, 11) is 0. The average molecular weight is 344 g/mol. The summed E-state index contributed by atoms with van der Waals surface area (Å²) in [6.07, 6.45) is 0.545. The third kappa shape index (κ3) is 3.80. The molecule has 0 aliphatic carbocycles. The molecule has 0 spiro atoms. The average Bonchev–Trinajstić information content (AvgIpc) is 3.08. The number of aromatic nitrogens is 4. The van der Waals surface area contributed by atoms with Gasteiger partial charge in [-0.25, -0.2) is 0 Å². The molecular formula is C17H20N4O4. The van der Waals surface area contributed by atoms with Crippen molar-refractivity contribution in [2.45, 2.75) is 26.5 Å². The van der Waals surface area contributed by atoms with Gasteiger partial charge < -0.3 is 19.1 Å². The summed E-state index contributed by atoms with van der Waals surface area (Å²) in [4.78, 5) is 15.9. The number of aliphatic hydroxyl groups is 1. The van der Waals surface area contributed by atoms with E-state index in [1.165, 1.54) is 16.9 Å². The Labute approximate surface area is 144 Å². The van der Waals surface area contributed by atoms with Crippen molar-refractivity contribution in [3.63, 3.8) is 0 Å². The molecule has 3 rings (SSSR count). The molecule has 0 amide bonds. The molecule has 0 radical (unpaired) electrons. The second kappa shape index (κ2) is 7.35. The third-order valence-corrected chi connectivity index (χ3v) is 3.71. The normalized spacial score (nSPS) is 12.3. The van der Waals surface area contributed by atoms with Gasteiger partial charge in [0.05, 0.1) is 13.2 Å². The summed E-state index contributed by atoms with van der Waals surface area (Å²) in [5.74, 6) is 1.81. The van der Waals surface area contributed by atoms with Crippen LogP contribution in [0.2, 0.25) is 0 Å². The highest BCUT2D eigenvalue weighted by Crippen LogP contribution is 2.17. The summed E-state index contributed by atoms with van der Waals surface area (Å²) in [6, 6.07) is 8.67. The molecule has 0 saturated carbocycles. The minimum absolute atomic E-state index is 0.111. The van der Waals surface area contributed by atoms with E-state index in [0.717, 1.165) is 5.75 Å². The van der Waals surface area contributed by atoms with E-state index in [-0.39, 0.29) is 18.7 Å². The van der Waals surface area contributed by atoms with Gasteiger partial charge in [-0.1, -0.05) is 0 Å². The van der Waals surface area contributed by atoms with E-state index in [2.05, 4.69) is 10.1 Å². The molecule has 0 unspecified atom stereocenters. The van der Waals surface area contributed by atoms with E-state index >= 15 is 0 Å². The Bertz CT molecular complexity index is 901. The lowest BCUT2D eigenvalue weighted by Gasteiger charge is -2.17. The highest BCUT2D eigenvalue weighted by Gasteiger charge is 2.13. The van der Waals surface area contributed by atoms with Gasteiger partial charge in [-0.2, -0.15) is 14.6 Å². The number of hydrogen-bond acceptors (Lipinski definition) is 6. The van der Waals surface area contributed by atoms with Crippen LogP contribution < -0.4 is 15.0 Å². The van der Waals surface area contributed by atoms with Crippen LogP contribution in [-0.2, 0) is 6.54 Å². The Balaban J connectivity index is 1.66. The van der Waals surface area contributed by atoms with Crippen LogP contribution in [-0.4, -0.2) is 43.6 Å². The second-order valence-electron chi connectivity index (χ2n) is 5.58. The minimum atomic E-state index is -0.770. The predicted molar refractivity (Wildman–Crippen MR) is 91.1 cm³/mol. The lowest BCUT2D eigenvalue weighted by Crippen LogP contribution is -2.28. The van der Waals surface area contributed by atoms with Crippen LogP contribution in [0.25, 0.3) is 5.78 Å². The molecule has 25 heavy (non-hydrogen) atoms. The first-order chi connectivity index (χ1) is 12.1. The number of fused-ring (bicyclic) bond motifs is 1. The van der Waals surface area contributed by atoms with Crippen LogP contribution in [0.1, 0.15) is 12.6 Å². The Hall–Kier alpha value is -2.87. The number of aliphatic hydroxyl groups excluding tert-OH is 1. The van der Waals surface area contributed by atoms with Crippen LogP contribution in [0.3, 0.4) is 0 Å². The van der Waals surface area contributed by atoms with Gasteiger partial charge in [-0.05, 0) is 38.1 Å². The fraction of sp³-hybridized carbons (Fsp3) is 0.353. The molecule has 8 nitrogen and oxygen atoms in total. The van der Waals surface area contributed by atoms with Gasteiger partial charge in [0.15, 0.2) is 0 Å². The monoisotopic (exact) mass is 344 g/mol. The van der Waals surface area contributed by atoms with Crippen LogP contribution >= 0.6 is 0 Å². The topological polar surface area (TPSA) is 90.9 Å². The van der Waals surface area contributed by atoms with Crippen molar-refractivity contribution >= 4 is 5.78 Å². The van der Waals surface area contributed by atoms with Crippen LogP contribution in [0.5, 0.6) is 11.5 Å². The summed E-state index contributed by atoms with van der Waals surface area (Å²) in [6.45, 7) is 4.67. The van der Waals surface area contributed by atoms with Crippen molar-refractivity contribution in [1.29, 1.82) is 0 Å². The van der Waals surface area contributed by atoms with Crippen molar-refractivity contribution < 1.29 is 14.6 Å². The molecule has 3 aromatic rings. The maximum absolute atomic E-state index is 11.8. The number of aryl methyl sites for hydroxylation is 1. The molecule has 132 valence electrons. The molecular weight excluding hydrogens is 324 g/mol. The van der Waals surface area contributed by atoms with Crippen molar-refractivity contribution in [3.8, 4) is 11.5 Å². The highest BCUT2D eigenvalue weighted by molar-refractivity contribution is 5.31. The zero-order valence-electron chi connectivity index (χ0n) is 14.1. The van der Waals surface area contributed by atoms with E-state index in [1.54, 1.807) is 23.6 Å². The Morgan fingerprint density at radius 2 is 1.88 bits per heavy atom. The third-order valence-electron chi connectivity index (χ3n) is 3.71. The summed E-state index contributed by atoms with van der Waals surface area (Å²) < 4.78 is 13.9. The van der Waals surface area contributed by atoms with Crippen molar-refractivity contribution in [2.75, 3.05) is 13.2 Å². The van der Waals surface area contributed by atoms with Gasteiger partial charge in [0, 0.05) is 11.8 Å². The Morgan fingerprint density at radius 1 is 1.20 bits per heavy atom. The van der Waals surface area contributed by atoms with E-state index in [0.29, 0.717) is 23.8 Å². The van der Waals surface area contributed by atoms with Gasteiger partial charge in [0.25, 0.3) is 5.56 Å². The second-order valence-corrected chi connectivity index (χ2v) is 5.58. The van der Waals surface area contributed by atoms with Gasteiger partial charge in [0.1, 0.15) is 30.5 Å². The van der Waals surface area contributed by atoms with E-state index < -0.39 is 6.10 Å². The molecule has 2 heterocycles. The molecule has 8 heteroatoms. The number of hydrogen-bond donors (Lipinski definition) is 1. The lowest BCUT2D eigenvalue weighted by molar-refractivity contribution is 0.0924. The number of ether oxygens (including phenoxy) is 2. The SMILES string of the molecule is CCOc1ccc(OC[C@@H](O)Cn2c(C)cc(=O)n3ncnc23)cc1. The smallest absolute Gasteiger partial charge is 0.275 e. The quantitative estimate of drug-likeness (QED) is 0.689. The number of benzene rings is 1. The zero-order valence-corrected chi connectivity index (χ0v) is 14.1. The molecule has 0 bridgehead atoms. The lowest BCUT2D eigenvalue weighted by atomic mass is 10.3. The predicted octanol–water partition coefficient (Wildman–Crippen LogP) is 1.04. The number of rotatable bonds is 7. The molecule has 1 N–H and O–H groups in total. The first-order valence-electron chi connectivity index (χ1n) is 8.02. The fourth-order valence-corrected chi connectivity index (χ4v) is 2.53. The maximum atomic E-state index is 11.8. The van der Waals surface area contributed by atoms with Gasteiger partial charge >= 0.3 is 0 Å². The Morgan fingerprint density at radius 3 is 2.56 bits per heavy atom. The maximum Gasteiger partial charge on any atom is 0.275 e. The van der Waals surface area contributed by atoms with Crippen molar-refractivity contribution in [2.24, 2.45) is 0 Å². The highest BCUT2D eigenvalue weighted by atomic mass is 16.5. The molecule has 0 fully saturated rings. The molecule has 0 aliphatic rings. The molecule has 0 saturated heterocycles. The van der Waals surface area contributed by atoms with E-state index in [4.69, 9.17) is 9.47 Å². The van der Waals surface area contributed by atoms with Crippen molar-refractivity contribution in [1.82, 2.24) is 19.2 Å².